The number of nitrogens with two attached hydrogens (primary N) is 1. The number of nitrogens with one attached hydrogen (secondary N) is 1. The van der Waals surface area contributed by atoms with Crippen LogP contribution in [0.5, 0.6) is 0 Å². The van der Waals surface area contributed by atoms with Crippen LogP contribution in [0.25, 0.3) is 0 Å². The van der Waals surface area contributed by atoms with E-state index in [2.05, 4.69) is 5.32 Å². The van der Waals surface area contributed by atoms with Gasteiger partial charge in [-0.05, 0) is 31.2 Å². The lowest BCUT2D eigenvalue weighted by Gasteiger charge is -2.08. The molecule has 0 aliphatic rings. The van der Waals surface area contributed by atoms with E-state index in [4.69, 9.17) is 10.5 Å². The molecule has 5 heteroatoms. The van der Waals surface area contributed by atoms with Gasteiger partial charge in [0, 0.05) is 11.4 Å². The molecule has 1 amide bonds. The fraction of sp³-hybridized carbons (Fsp3) is 0.125. The monoisotopic (exact) mass is 284 g/mol. The zero-order valence-electron chi connectivity index (χ0n) is 11.6. The predicted molar refractivity (Wildman–Crippen MR) is 80.9 cm³/mol. The van der Waals surface area contributed by atoms with Crippen molar-refractivity contribution in [2.75, 3.05) is 17.7 Å². The highest BCUT2D eigenvalue weighted by Crippen LogP contribution is 2.12. The first-order valence-electron chi connectivity index (χ1n) is 6.44. The number of carbonyl (C=O) groups is 2. The Morgan fingerprint density at radius 2 is 1.76 bits per heavy atom. The lowest BCUT2D eigenvalue weighted by molar-refractivity contribution is -0.119. The van der Waals surface area contributed by atoms with Crippen LogP contribution in [0.2, 0.25) is 0 Å². The Morgan fingerprint density at radius 1 is 1.10 bits per heavy atom. The number of esters is 1. The van der Waals surface area contributed by atoms with Gasteiger partial charge in [0.1, 0.15) is 0 Å². The molecular formula is C16H16N2O3. The molecule has 0 bridgehead atoms. The zero-order chi connectivity index (χ0) is 15.2. The van der Waals surface area contributed by atoms with E-state index >= 15 is 0 Å². The predicted octanol–water partition coefficient (Wildman–Crippen LogP) is 2.37. The van der Waals surface area contributed by atoms with Crippen LogP contribution in [0, 0.1) is 6.92 Å². The molecule has 0 fully saturated rings. The molecule has 0 atom stereocenters. The summed E-state index contributed by atoms with van der Waals surface area (Å²) in [7, 11) is 0. The molecule has 0 aliphatic carbocycles. The molecule has 0 radical (unpaired) electrons. The van der Waals surface area contributed by atoms with Gasteiger partial charge < -0.3 is 15.8 Å². The van der Waals surface area contributed by atoms with Crippen molar-refractivity contribution in [1.29, 1.82) is 0 Å². The van der Waals surface area contributed by atoms with Crippen LogP contribution in [-0.2, 0) is 9.53 Å². The smallest absolute Gasteiger partial charge is 0.340 e. The van der Waals surface area contributed by atoms with Crippen molar-refractivity contribution in [2.45, 2.75) is 6.92 Å². The summed E-state index contributed by atoms with van der Waals surface area (Å²) in [6.07, 6.45) is 0. The molecule has 0 aliphatic heterocycles. The maximum atomic E-state index is 11.8. The van der Waals surface area contributed by atoms with Crippen LogP contribution in [0.4, 0.5) is 11.4 Å². The summed E-state index contributed by atoms with van der Waals surface area (Å²) in [4.78, 5) is 23.5. The first-order chi connectivity index (χ1) is 10.1. The molecule has 2 aromatic carbocycles. The van der Waals surface area contributed by atoms with Gasteiger partial charge in [-0.3, -0.25) is 4.79 Å². The minimum absolute atomic E-state index is 0.251. The van der Waals surface area contributed by atoms with E-state index in [-0.39, 0.29) is 12.2 Å². The molecule has 3 N–H and O–H groups in total. The van der Waals surface area contributed by atoms with Crippen molar-refractivity contribution in [1.82, 2.24) is 0 Å². The third-order valence-electron chi connectivity index (χ3n) is 2.85. The number of nitrogen functional groups attached to an aromatic ring is 1. The minimum Gasteiger partial charge on any atom is -0.452 e. The summed E-state index contributed by atoms with van der Waals surface area (Å²) in [5, 5.41) is 2.64. The molecule has 5 nitrogen and oxygen atoms in total. The Hall–Kier alpha value is -2.82. The van der Waals surface area contributed by atoms with Crippen molar-refractivity contribution in [3.8, 4) is 0 Å². The number of para-hydroxylation sites is 1. The minimum atomic E-state index is -0.618. The fourth-order valence-electron chi connectivity index (χ4n) is 1.73. The van der Waals surface area contributed by atoms with Gasteiger partial charge >= 0.3 is 5.97 Å². The van der Waals surface area contributed by atoms with Crippen LogP contribution >= 0.6 is 0 Å². The number of anilines is 2. The van der Waals surface area contributed by atoms with E-state index in [1.165, 1.54) is 0 Å². The Kier molecular flexibility index (Phi) is 4.56. The molecule has 108 valence electrons. The number of aryl methyl sites for hydroxylation is 1. The third-order valence-corrected chi connectivity index (χ3v) is 2.85. The summed E-state index contributed by atoms with van der Waals surface area (Å²) < 4.78 is 4.94. The highest BCUT2D eigenvalue weighted by molar-refractivity contribution is 5.98. The number of hydrogen-bond acceptors (Lipinski definition) is 4. The SMILES string of the molecule is Cc1ccc(NC(=O)COC(=O)c2ccccc2N)cc1. The Morgan fingerprint density at radius 3 is 2.43 bits per heavy atom. The lowest BCUT2D eigenvalue weighted by Crippen LogP contribution is -2.21. The van der Waals surface area contributed by atoms with Gasteiger partial charge in [0.2, 0.25) is 0 Å². The van der Waals surface area contributed by atoms with Crippen LogP contribution in [-0.4, -0.2) is 18.5 Å². The number of ether oxygens (including phenoxy) is 1. The van der Waals surface area contributed by atoms with Crippen molar-refractivity contribution in [2.24, 2.45) is 0 Å². The molecule has 2 aromatic rings. The molecule has 0 saturated heterocycles. The topological polar surface area (TPSA) is 81.4 Å². The van der Waals surface area contributed by atoms with Gasteiger partial charge in [-0.15, -0.1) is 0 Å². The third kappa shape index (κ3) is 4.07. The second-order valence-electron chi connectivity index (χ2n) is 4.58. The van der Waals surface area contributed by atoms with Crippen molar-refractivity contribution < 1.29 is 14.3 Å². The largest absolute Gasteiger partial charge is 0.452 e. The zero-order valence-corrected chi connectivity index (χ0v) is 11.6. The summed E-state index contributed by atoms with van der Waals surface area (Å²) in [5.41, 5.74) is 7.99. The van der Waals surface area contributed by atoms with Gasteiger partial charge in [0.05, 0.1) is 5.56 Å². The summed E-state index contributed by atoms with van der Waals surface area (Å²) in [6, 6.07) is 13.9. The summed E-state index contributed by atoms with van der Waals surface area (Å²) in [6.45, 7) is 1.60. The Bertz CT molecular complexity index is 651. The van der Waals surface area contributed by atoms with E-state index in [0.717, 1.165) is 5.56 Å². The quantitative estimate of drug-likeness (QED) is 0.667. The van der Waals surface area contributed by atoms with Gasteiger partial charge in [-0.2, -0.15) is 0 Å². The van der Waals surface area contributed by atoms with Gasteiger partial charge in [0.25, 0.3) is 5.91 Å². The van der Waals surface area contributed by atoms with E-state index in [0.29, 0.717) is 11.4 Å². The van der Waals surface area contributed by atoms with E-state index in [1.807, 2.05) is 19.1 Å². The van der Waals surface area contributed by atoms with Gasteiger partial charge in [-0.25, -0.2) is 4.79 Å². The second kappa shape index (κ2) is 6.56. The number of carbonyl (C=O) groups excluding carboxylic acids is 2. The standard InChI is InChI=1S/C16H16N2O3/c1-11-6-8-12(9-7-11)18-15(19)10-21-16(20)13-4-2-3-5-14(13)17/h2-9H,10,17H2,1H3,(H,18,19). The van der Waals surface area contributed by atoms with E-state index in [9.17, 15) is 9.59 Å². The van der Waals surface area contributed by atoms with Crippen LogP contribution in [0.3, 0.4) is 0 Å². The van der Waals surface area contributed by atoms with Gasteiger partial charge in [-0.1, -0.05) is 29.8 Å². The normalized spacial score (nSPS) is 9.95. The first-order valence-corrected chi connectivity index (χ1v) is 6.44. The van der Waals surface area contributed by atoms with Crippen molar-refractivity contribution in [3.05, 3.63) is 59.7 Å². The highest BCUT2D eigenvalue weighted by Gasteiger charge is 2.12. The Balaban J connectivity index is 1.88. The molecule has 0 saturated carbocycles. The molecule has 0 unspecified atom stereocenters. The average Bonchev–Trinajstić information content (AvgIpc) is 2.48. The number of hydrogen-bond donors (Lipinski definition) is 2. The first kappa shape index (κ1) is 14.6. The summed E-state index contributed by atoms with van der Waals surface area (Å²) >= 11 is 0. The average molecular weight is 284 g/mol. The van der Waals surface area contributed by atoms with Crippen LogP contribution < -0.4 is 11.1 Å². The van der Waals surface area contributed by atoms with E-state index < -0.39 is 11.9 Å². The van der Waals surface area contributed by atoms with Crippen LogP contribution in [0.15, 0.2) is 48.5 Å². The van der Waals surface area contributed by atoms with Crippen molar-refractivity contribution >= 4 is 23.3 Å². The number of benzene rings is 2. The van der Waals surface area contributed by atoms with E-state index in [1.54, 1.807) is 36.4 Å². The van der Waals surface area contributed by atoms with Crippen molar-refractivity contribution in [3.63, 3.8) is 0 Å². The molecule has 0 aromatic heterocycles. The highest BCUT2D eigenvalue weighted by atomic mass is 16.5. The Labute approximate surface area is 122 Å². The maximum absolute atomic E-state index is 11.8. The van der Waals surface area contributed by atoms with Crippen LogP contribution in [0.1, 0.15) is 15.9 Å². The number of rotatable bonds is 4. The second-order valence-corrected chi connectivity index (χ2v) is 4.58. The van der Waals surface area contributed by atoms with Gasteiger partial charge in [0.15, 0.2) is 6.61 Å². The summed E-state index contributed by atoms with van der Waals surface area (Å²) in [5.74, 6) is -1.02. The lowest BCUT2D eigenvalue weighted by atomic mass is 10.2. The fourth-order valence-corrected chi connectivity index (χ4v) is 1.73. The number of amides is 1. The molecule has 0 heterocycles. The molecule has 21 heavy (non-hydrogen) atoms. The molecular weight excluding hydrogens is 268 g/mol. The molecule has 2 rings (SSSR count). The maximum Gasteiger partial charge on any atom is 0.340 e. The molecule has 0 spiro atoms.